The summed E-state index contributed by atoms with van der Waals surface area (Å²) in [4.78, 5) is 14.3. The highest BCUT2D eigenvalue weighted by Crippen LogP contribution is 2.32. The number of amides is 2. The summed E-state index contributed by atoms with van der Waals surface area (Å²) in [5, 5.41) is 12.0. The topological polar surface area (TPSA) is 112 Å². The molecule has 1 aliphatic carbocycles. The molecule has 1 saturated carbocycles. The molecule has 1 saturated heterocycles. The minimum atomic E-state index is -3.40. The van der Waals surface area contributed by atoms with Gasteiger partial charge in [0.2, 0.25) is 10.0 Å². The SMILES string of the molecule is C=C/C=C(C#N)\C=C(/C)[C@H]1CC[C@@H](OC[C@H]2[C@@H](NS(C)(=O)=O)CCCN2C(=O)NCC)CC1. The number of ether oxygens (including phenoxy) is 1. The quantitative estimate of drug-likeness (QED) is 0.390. The number of rotatable bonds is 9. The average Bonchev–Trinajstić information content (AvgIpc) is 2.77. The molecule has 184 valence electrons. The van der Waals surface area contributed by atoms with Crippen molar-refractivity contribution in [1.82, 2.24) is 14.9 Å². The van der Waals surface area contributed by atoms with Crippen LogP contribution in [0.2, 0.25) is 0 Å². The van der Waals surface area contributed by atoms with Gasteiger partial charge in [-0.3, -0.25) is 0 Å². The molecule has 0 unspecified atom stereocenters. The van der Waals surface area contributed by atoms with Gasteiger partial charge in [-0.1, -0.05) is 18.2 Å². The number of allylic oxidation sites excluding steroid dienone is 5. The van der Waals surface area contributed by atoms with Crippen molar-refractivity contribution in [3.05, 3.63) is 36.0 Å². The van der Waals surface area contributed by atoms with Gasteiger partial charge in [-0.15, -0.1) is 0 Å². The van der Waals surface area contributed by atoms with Crippen molar-refractivity contribution in [2.75, 3.05) is 26.0 Å². The van der Waals surface area contributed by atoms with E-state index in [0.717, 1.165) is 38.4 Å². The van der Waals surface area contributed by atoms with Crippen molar-refractivity contribution < 1.29 is 17.9 Å². The predicted molar refractivity (Wildman–Crippen MR) is 130 cm³/mol. The van der Waals surface area contributed by atoms with Crippen LogP contribution >= 0.6 is 0 Å². The van der Waals surface area contributed by atoms with Crippen molar-refractivity contribution in [2.45, 2.75) is 70.6 Å². The van der Waals surface area contributed by atoms with Gasteiger partial charge in [0.05, 0.1) is 36.7 Å². The lowest BCUT2D eigenvalue weighted by molar-refractivity contribution is -0.0193. The molecule has 0 radical (unpaired) electrons. The molecule has 2 amide bonds. The number of nitrogens with one attached hydrogen (secondary N) is 2. The molecule has 0 spiro atoms. The first-order valence-electron chi connectivity index (χ1n) is 11.7. The molecule has 0 aromatic rings. The van der Waals surface area contributed by atoms with Crippen molar-refractivity contribution in [2.24, 2.45) is 5.92 Å². The molecule has 2 atom stereocenters. The molecule has 33 heavy (non-hydrogen) atoms. The lowest BCUT2D eigenvalue weighted by Gasteiger charge is -2.42. The summed E-state index contributed by atoms with van der Waals surface area (Å²) >= 11 is 0. The number of likely N-dealkylation sites (tertiary alicyclic amines) is 1. The normalized spacial score (nSPS) is 27.0. The zero-order valence-electron chi connectivity index (χ0n) is 20.0. The maximum Gasteiger partial charge on any atom is 0.317 e. The number of carbonyl (C=O) groups is 1. The van der Waals surface area contributed by atoms with E-state index in [9.17, 15) is 18.5 Å². The fourth-order valence-electron chi connectivity index (χ4n) is 4.71. The van der Waals surface area contributed by atoms with Crippen LogP contribution in [0.3, 0.4) is 0 Å². The van der Waals surface area contributed by atoms with E-state index in [1.807, 2.05) is 13.0 Å². The number of hydrogen-bond donors (Lipinski definition) is 2. The van der Waals surface area contributed by atoms with E-state index in [-0.39, 0.29) is 24.2 Å². The number of hydrogen-bond acceptors (Lipinski definition) is 5. The summed E-state index contributed by atoms with van der Waals surface area (Å²) in [6, 6.07) is 1.29. The Morgan fingerprint density at radius 2 is 1.97 bits per heavy atom. The third-order valence-corrected chi connectivity index (χ3v) is 7.09. The summed E-state index contributed by atoms with van der Waals surface area (Å²) in [6.07, 6.45) is 11.6. The molecule has 9 heteroatoms. The van der Waals surface area contributed by atoms with Gasteiger partial charge in [0.15, 0.2) is 0 Å². The minimum absolute atomic E-state index is 0.0742. The van der Waals surface area contributed by atoms with E-state index in [2.05, 4.69) is 29.6 Å². The minimum Gasteiger partial charge on any atom is -0.376 e. The van der Waals surface area contributed by atoms with Gasteiger partial charge in [0.1, 0.15) is 0 Å². The zero-order chi connectivity index (χ0) is 24.4. The van der Waals surface area contributed by atoms with E-state index in [1.165, 1.54) is 5.57 Å². The maximum atomic E-state index is 12.6. The van der Waals surface area contributed by atoms with Crippen molar-refractivity contribution in [3.63, 3.8) is 0 Å². The van der Waals surface area contributed by atoms with Crippen LogP contribution in [0, 0.1) is 17.2 Å². The number of sulfonamides is 1. The van der Waals surface area contributed by atoms with Crippen molar-refractivity contribution >= 4 is 16.1 Å². The Balaban J connectivity index is 1.99. The Morgan fingerprint density at radius 3 is 2.55 bits per heavy atom. The fourth-order valence-corrected chi connectivity index (χ4v) is 5.53. The highest BCUT2D eigenvalue weighted by molar-refractivity contribution is 7.88. The third kappa shape index (κ3) is 8.61. The van der Waals surface area contributed by atoms with Crippen LogP contribution < -0.4 is 10.0 Å². The molecule has 1 heterocycles. The summed E-state index contributed by atoms with van der Waals surface area (Å²) in [5.41, 5.74) is 1.79. The molecule has 0 bridgehead atoms. The maximum absolute atomic E-state index is 12.6. The molecular formula is C24H38N4O4S. The second-order valence-electron chi connectivity index (χ2n) is 8.90. The molecule has 2 rings (SSSR count). The molecular weight excluding hydrogens is 440 g/mol. The number of nitrogens with zero attached hydrogens (tertiary/aromatic N) is 2. The lowest BCUT2D eigenvalue weighted by atomic mass is 9.82. The first kappa shape index (κ1) is 27.1. The van der Waals surface area contributed by atoms with Gasteiger partial charge in [-0.2, -0.15) is 5.26 Å². The van der Waals surface area contributed by atoms with Gasteiger partial charge < -0.3 is 15.0 Å². The molecule has 2 fully saturated rings. The van der Waals surface area contributed by atoms with E-state index >= 15 is 0 Å². The second-order valence-corrected chi connectivity index (χ2v) is 10.7. The zero-order valence-corrected chi connectivity index (χ0v) is 20.9. The lowest BCUT2D eigenvalue weighted by Crippen LogP contribution is -2.60. The first-order valence-corrected chi connectivity index (χ1v) is 13.6. The Bertz CT molecular complexity index is 883. The van der Waals surface area contributed by atoms with E-state index in [1.54, 1.807) is 17.1 Å². The molecule has 2 aliphatic rings. The van der Waals surface area contributed by atoms with Gasteiger partial charge in [0.25, 0.3) is 0 Å². The largest absolute Gasteiger partial charge is 0.376 e. The highest BCUT2D eigenvalue weighted by atomic mass is 32.2. The smallest absolute Gasteiger partial charge is 0.317 e. The van der Waals surface area contributed by atoms with Crippen molar-refractivity contribution in [1.29, 1.82) is 5.26 Å². The average molecular weight is 479 g/mol. The Kier molecular flexibility index (Phi) is 10.6. The van der Waals surface area contributed by atoms with Crippen molar-refractivity contribution in [3.8, 4) is 6.07 Å². The predicted octanol–water partition coefficient (Wildman–Crippen LogP) is 3.26. The standard InChI is InChI=1S/C24H38N4O4S/c1-5-8-19(16-25)15-18(3)20-10-12-21(13-11-20)32-17-23-22(27-33(4,30)31)9-7-14-28(23)24(29)26-6-2/h5,8,15,20-23,27H,1,6-7,9-14,17H2,2-4H3,(H,26,29)/b18-15+,19-8+/t20-,21+,22-,23-/m0/s1. The van der Waals surface area contributed by atoms with E-state index in [4.69, 9.17) is 4.74 Å². The highest BCUT2D eigenvalue weighted by Gasteiger charge is 2.36. The Labute approximate surface area is 198 Å². The Hall–Kier alpha value is -2.15. The summed E-state index contributed by atoms with van der Waals surface area (Å²) < 4.78 is 32.7. The molecule has 1 aliphatic heterocycles. The second kappa shape index (κ2) is 12.9. The molecule has 0 aromatic carbocycles. The summed E-state index contributed by atoms with van der Waals surface area (Å²) in [5.74, 6) is 0.410. The number of nitriles is 1. The first-order chi connectivity index (χ1) is 15.7. The van der Waals surface area contributed by atoms with Crippen LogP contribution in [0.1, 0.15) is 52.4 Å². The summed E-state index contributed by atoms with van der Waals surface area (Å²) in [7, 11) is -3.40. The Morgan fingerprint density at radius 1 is 1.27 bits per heavy atom. The van der Waals surface area contributed by atoms with Crippen LogP contribution in [0.5, 0.6) is 0 Å². The third-order valence-electron chi connectivity index (χ3n) is 6.36. The fraction of sp³-hybridized carbons (Fsp3) is 0.667. The molecule has 2 N–H and O–H groups in total. The van der Waals surface area contributed by atoms with Crippen LogP contribution in [0.25, 0.3) is 0 Å². The van der Waals surface area contributed by atoms with Crippen LogP contribution in [-0.4, -0.2) is 63.5 Å². The molecule has 8 nitrogen and oxygen atoms in total. The van der Waals surface area contributed by atoms with Crippen LogP contribution in [0.15, 0.2) is 36.0 Å². The van der Waals surface area contributed by atoms with Crippen LogP contribution in [0.4, 0.5) is 4.79 Å². The summed E-state index contributed by atoms with van der Waals surface area (Å²) in [6.45, 7) is 8.97. The molecule has 0 aromatic heterocycles. The van der Waals surface area contributed by atoms with Gasteiger partial charge in [0, 0.05) is 19.1 Å². The van der Waals surface area contributed by atoms with Gasteiger partial charge >= 0.3 is 6.03 Å². The number of urea groups is 1. The monoisotopic (exact) mass is 478 g/mol. The number of carbonyl (C=O) groups excluding carboxylic acids is 1. The van der Waals surface area contributed by atoms with Gasteiger partial charge in [-0.05, 0) is 70.4 Å². The van der Waals surface area contributed by atoms with Crippen LogP contribution in [-0.2, 0) is 14.8 Å². The van der Waals surface area contributed by atoms with Gasteiger partial charge in [-0.25, -0.2) is 17.9 Å². The van der Waals surface area contributed by atoms with E-state index in [0.29, 0.717) is 37.6 Å². The number of piperidine rings is 1. The van der Waals surface area contributed by atoms with E-state index < -0.39 is 10.0 Å².